The first-order valence-corrected chi connectivity index (χ1v) is 12.3. The first-order valence-electron chi connectivity index (χ1n) is 11.5. The number of aliphatic imine (C=N–C) groups is 1. The van der Waals surface area contributed by atoms with Gasteiger partial charge in [-0.25, -0.2) is 0 Å². The number of benzene rings is 2. The molecule has 1 N–H and O–H groups in total. The van der Waals surface area contributed by atoms with Gasteiger partial charge in [0, 0.05) is 16.0 Å². The van der Waals surface area contributed by atoms with Crippen molar-refractivity contribution in [3.63, 3.8) is 0 Å². The van der Waals surface area contributed by atoms with Crippen LogP contribution in [-0.2, 0) is 16.1 Å². The van der Waals surface area contributed by atoms with Gasteiger partial charge in [-0.3, -0.25) is 14.4 Å². The van der Waals surface area contributed by atoms with E-state index in [2.05, 4.69) is 36.2 Å². The zero-order chi connectivity index (χ0) is 25.4. The number of esters is 1. The largest absolute Gasteiger partial charge is 0.497 e. The van der Waals surface area contributed by atoms with E-state index in [-0.39, 0.29) is 13.0 Å². The SMILES string of the molecule is COC(=O)C[C@@H]1N=C(c2ccc(-c3ccc(OC)cc3)cc2)c2c(sc(C)c2C)-n2c(CO)nnc21. The summed E-state index contributed by atoms with van der Waals surface area (Å²) in [5.74, 6) is 1.34. The summed E-state index contributed by atoms with van der Waals surface area (Å²) in [6, 6.07) is 15.5. The van der Waals surface area contributed by atoms with Crippen LogP contribution in [0, 0.1) is 13.8 Å². The molecule has 1 aliphatic rings. The highest BCUT2D eigenvalue weighted by molar-refractivity contribution is 7.15. The molecular formula is C27H26N4O4S. The Labute approximate surface area is 212 Å². The van der Waals surface area contributed by atoms with Crippen LogP contribution in [-0.4, -0.2) is 45.8 Å². The van der Waals surface area contributed by atoms with E-state index in [9.17, 15) is 9.90 Å². The van der Waals surface area contributed by atoms with Crippen LogP contribution in [0.2, 0.25) is 0 Å². The molecule has 4 aromatic rings. The molecule has 36 heavy (non-hydrogen) atoms. The molecule has 0 unspecified atom stereocenters. The van der Waals surface area contributed by atoms with Gasteiger partial charge in [0.25, 0.3) is 0 Å². The van der Waals surface area contributed by atoms with Gasteiger partial charge < -0.3 is 14.6 Å². The lowest BCUT2D eigenvalue weighted by Crippen LogP contribution is -2.12. The molecule has 0 fully saturated rings. The first kappa shape index (κ1) is 23.9. The van der Waals surface area contributed by atoms with Crippen LogP contribution in [0.4, 0.5) is 0 Å². The number of aliphatic hydroxyl groups is 1. The Morgan fingerprint density at radius 1 is 1.00 bits per heavy atom. The highest BCUT2D eigenvalue weighted by Gasteiger charge is 2.33. The van der Waals surface area contributed by atoms with E-state index in [1.54, 1.807) is 18.4 Å². The predicted octanol–water partition coefficient (Wildman–Crippen LogP) is 4.57. The topological polar surface area (TPSA) is 98.8 Å². The summed E-state index contributed by atoms with van der Waals surface area (Å²) in [7, 11) is 3.01. The molecule has 2 aromatic heterocycles. The lowest BCUT2D eigenvalue weighted by molar-refractivity contribution is -0.141. The number of ether oxygens (including phenoxy) is 2. The van der Waals surface area contributed by atoms with Crippen LogP contribution in [0.25, 0.3) is 16.1 Å². The number of methoxy groups -OCH3 is 2. The number of hydrogen-bond donors (Lipinski definition) is 1. The fraction of sp³-hybridized carbons (Fsp3) is 0.259. The van der Waals surface area contributed by atoms with Gasteiger partial charge in [0.1, 0.15) is 23.4 Å². The van der Waals surface area contributed by atoms with Crippen molar-refractivity contribution in [1.82, 2.24) is 14.8 Å². The minimum atomic E-state index is -0.610. The summed E-state index contributed by atoms with van der Waals surface area (Å²) >= 11 is 1.60. The number of aliphatic hydroxyl groups excluding tert-OH is 1. The number of carbonyl (C=O) groups is 1. The van der Waals surface area contributed by atoms with Crippen LogP contribution in [0.5, 0.6) is 5.75 Å². The van der Waals surface area contributed by atoms with E-state index in [1.807, 2.05) is 41.0 Å². The van der Waals surface area contributed by atoms with Gasteiger partial charge in [-0.15, -0.1) is 21.5 Å². The van der Waals surface area contributed by atoms with Crippen molar-refractivity contribution in [3.8, 4) is 21.9 Å². The molecule has 1 atom stereocenters. The Morgan fingerprint density at radius 2 is 1.64 bits per heavy atom. The van der Waals surface area contributed by atoms with Crippen LogP contribution in [0.15, 0.2) is 53.5 Å². The lowest BCUT2D eigenvalue weighted by Gasteiger charge is -2.12. The van der Waals surface area contributed by atoms with Gasteiger partial charge >= 0.3 is 5.97 Å². The number of thiophene rings is 1. The van der Waals surface area contributed by atoms with Crippen LogP contribution >= 0.6 is 11.3 Å². The number of aryl methyl sites for hydroxylation is 1. The smallest absolute Gasteiger partial charge is 0.308 e. The van der Waals surface area contributed by atoms with Crippen molar-refractivity contribution in [2.75, 3.05) is 14.2 Å². The van der Waals surface area contributed by atoms with Gasteiger partial charge in [-0.1, -0.05) is 36.4 Å². The normalized spacial score (nSPS) is 14.5. The average molecular weight is 503 g/mol. The number of aromatic nitrogens is 3. The second-order valence-electron chi connectivity index (χ2n) is 8.51. The fourth-order valence-corrected chi connectivity index (χ4v) is 5.58. The molecular weight excluding hydrogens is 476 g/mol. The van der Waals surface area contributed by atoms with E-state index < -0.39 is 12.0 Å². The number of carbonyl (C=O) groups excluding carboxylic acids is 1. The van der Waals surface area contributed by atoms with Crippen LogP contribution in [0.3, 0.4) is 0 Å². The van der Waals surface area contributed by atoms with Crippen molar-refractivity contribution in [1.29, 1.82) is 0 Å². The van der Waals surface area contributed by atoms with Crippen LogP contribution in [0.1, 0.15) is 45.7 Å². The number of rotatable bonds is 6. The van der Waals surface area contributed by atoms with Crippen molar-refractivity contribution in [3.05, 3.63) is 81.7 Å². The summed E-state index contributed by atoms with van der Waals surface area (Å²) in [5, 5.41) is 19.4. The maximum absolute atomic E-state index is 12.3. The van der Waals surface area contributed by atoms with Crippen LogP contribution < -0.4 is 4.74 Å². The maximum Gasteiger partial charge on any atom is 0.308 e. The van der Waals surface area contributed by atoms with E-state index >= 15 is 0 Å². The standard InChI is InChI=1S/C27H26N4O4S/c1-15-16(2)36-27-24(15)25(19-7-5-17(6-8-19)18-9-11-20(34-3)12-10-18)28-21(13-23(33)35-4)26-30-29-22(14-32)31(26)27/h5-12,21,32H,13-14H2,1-4H3/t21-/m0/s1. The van der Waals surface area contributed by atoms with Gasteiger partial charge in [0.2, 0.25) is 0 Å². The Hall–Kier alpha value is -3.82. The van der Waals surface area contributed by atoms with Crippen molar-refractivity contribution in [2.24, 2.45) is 4.99 Å². The molecule has 0 saturated carbocycles. The Morgan fingerprint density at radius 3 is 2.25 bits per heavy atom. The van der Waals surface area contributed by atoms with E-state index in [0.29, 0.717) is 11.6 Å². The van der Waals surface area contributed by atoms with Crippen molar-refractivity contribution >= 4 is 23.0 Å². The summed E-state index contributed by atoms with van der Waals surface area (Å²) in [5.41, 5.74) is 5.90. The molecule has 0 spiro atoms. The van der Waals surface area contributed by atoms with E-state index in [1.165, 1.54) is 7.11 Å². The van der Waals surface area contributed by atoms with Gasteiger partial charge in [0.15, 0.2) is 11.6 Å². The highest BCUT2D eigenvalue weighted by Crippen LogP contribution is 2.40. The molecule has 0 radical (unpaired) electrons. The summed E-state index contributed by atoms with van der Waals surface area (Å²) < 4.78 is 12.1. The molecule has 1 aliphatic heterocycles. The third-order valence-electron chi connectivity index (χ3n) is 6.46. The second-order valence-corrected chi connectivity index (χ2v) is 9.71. The molecule has 0 amide bonds. The van der Waals surface area contributed by atoms with E-state index in [4.69, 9.17) is 14.5 Å². The third-order valence-corrected chi connectivity index (χ3v) is 7.65. The predicted molar refractivity (Wildman–Crippen MR) is 138 cm³/mol. The van der Waals surface area contributed by atoms with Gasteiger partial charge in [0.05, 0.1) is 26.4 Å². The van der Waals surface area contributed by atoms with E-state index in [0.717, 1.165) is 49.2 Å². The third kappa shape index (κ3) is 4.10. The molecule has 8 nitrogen and oxygen atoms in total. The molecule has 0 aliphatic carbocycles. The number of nitrogens with zero attached hydrogens (tertiary/aromatic N) is 4. The van der Waals surface area contributed by atoms with Crippen molar-refractivity contribution in [2.45, 2.75) is 32.9 Å². The Bertz CT molecular complexity index is 1450. The minimum Gasteiger partial charge on any atom is -0.497 e. The second kappa shape index (κ2) is 9.67. The van der Waals surface area contributed by atoms with Crippen molar-refractivity contribution < 1.29 is 19.4 Å². The zero-order valence-electron chi connectivity index (χ0n) is 20.5. The molecule has 0 saturated heterocycles. The summed E-state index contributed by atoms with van der Waals surface area (Å²) in [6.45, 7) is 3.85. The summed E-state index contributed by atoms with van der Waals surface area (Å²) in [6.07, 6.45) is 0.0143. The molecule has 0 bridgehead atoms. The first-order chi connectivity index (χ1) is 17.4. The fourth-order valence-electron chi connectivity index (χ4n) is 4.39. The van der Waals surface area contributed by atoms with Gasteiger partial charge in [-0.2, -0.15) is 0 Å². The molecule has 184 valence electrons. The zero-order valence-corrected chi connectivity index (χ0v) is 21.3. The molecule has 5 rings (SSSR count). The lowest BCUT2D eigenvalue weighted by atomic mass is 9.97. The maximum atomic E-state index is 12.3. The minimum absolute atomic E-state index is 0.0143. The quantitative estimate of drug-likeness (QED) is 0.388. The monoisotopic (exact) mass is 502 g/mol. The molecule has 9 heteroatoms. The average Bonchev–Trinajstić information content (AvgIpc) is 3.43. The Balaban J connectivity index is 1.65. The number of hydrogen-bond acceptors (Lipinski definition) is 8. The molecule has 3 heterocycles. The molecule has 2 aromatic carbocycles. The highest BCUT2D eigenvalue weighted by atomic mass is 32.1. The van der Waals surface area contributed by atoms with Gasteiger partial charge in [-0.05, 0) is 42.7 Å². The number of fused-ring (bicyclic) bond motifs is 3. The Kier molecular flexibility index (Phi) is 6.42. The summed E-state index contributed by atoms with van der Waals surface area (Å²) in [4.78, 5) is 18.5.